The topological polar surface area (TPSA) is 3.24 Å². The summed E-state index contributed by atoms with van der Waals surface area (Å²) < 4.78 is 0. The second kappa shape index (κ2) is 6.16. The molecule has 2 rings (SSSR count). The van der Waals surface area contributed by atoms with E-state index >= 15 is 0 Å². The number of likely N-dealkylation sites (tertiary alicyclic amines) is 1. The van der Waals surface area contributed by atoms with Gasteiger partial charge in [-0.05, 0) is 74.8 Å². The van der Waals surface area contributed by atoms with E-state index in [2.05, 4.69) is 39.5 Å². The zero-order valence-electron chi connectivity index (χ0n) is 13.9. The molecule has 0 spiro atoms. The maximum atomic E-state index is 2.81. The minimum absolute atomic E-state index is 0.520. The van der Waals surface area contributed by atoms with Crippen LogP contribution >= 0.6 is 0 Å². The first-order valence-electron chi connectivity index (χ1n) is 8.63. The molecule has 112 valence electrons. The Morgan fingerprint density at radius 2 is 1.42 bits per heavy atom. The van der Waals surface area contributed by atoms with Crippen LogP contribution in [0.25, 0.3) is 0 Å². The van der Waals surface area contributed by atoms with Gasteiger partial charge in [-0.1, -0.05) is 34.6 Å². The lowest BCUT2D eigenvalue weighted by Gasteiger charge is -2.43. The van der Waals surface area contributed by atoms with Crippen LogP contribution in [0.15, 0.2) is 0 Å². The Balaban J connectivity index is 1.94. The lowest BCUT2D eigenvalue weighted by Crippen LogP contribution is -2.44. The Morgan fingerprint density at radius 1 is 0.895 bits per heavy atom. The van der Waals surface area contributed by atoms with Gasteiger partial charge in [0.1, 0.15) is 0 Å². The molecule has 0 bridgehead atoms. The fraction of sp³-hybridized carbons (Fsp3) is 1.00. The molecule has 0 aromatic rings. The lowest BCUT2D eigenvalue weighted by molar-refractivity contribution is 0.0677. The molecule has 0 aromatic heterocycles. The van der Waals surface area contributed by atoms with Gasteiger partial charge in [0.15, 0.2) is 0 Å². The molecular formula is C18H35N. The zero-order chi connectivity index (χ0) is 14.0. The van der Waals surface area contributed by atoms with Crippen molar-refractivity contribution < 1.29 is 0 Å². The summed E-state index contributed by atoms with van der Waals surface area (Å²) in [6.07, 6.45) is 8.74. The van der Waals surface area contributed by atoms with E-state index < -0.39 is 0 Å². The van der Waals surface area contributed by atoms with Gasteiger partial charge in [0.05, 0.1) is 0 Å². The molecule has 0 amide bonds. The van der Waals surface area contributed by atoms with Gasteiger partial charge in [-0.3, -0.25) is 4.90 Å². The molecule has 1 aliphatic heterocycles. The molecule has 2 fully saturated rings. The largest absolute Gasteiger partial charge is 0.300 e. The van der Waals surface area contributed by atoms with E-state index in [1.54, 1.807) is 0 Å². The fourth-order valence-electron chi connectivity index (χ4n) is 4.63. The molecule has 0 N–H and O–H groups in total. The number of nitrogens with zero attached hydrogens (tertiary/aromatic N) is 1. The van der Waals surface area contributed by atoms with E-state index in [4.69, 9.17) is 0 Å². The summed E-state index contributed by atoms with van der Waals surface area (Å²) in [7, 11) is 0. The molecule has 19 heavy (non-hydrogen) atoms. The first-order valence-corrected chi connectivity index (χ1v) is 8.63. The van der Waals surface area contributed by atoms with Crippen molar-refractivity contribution in [3.05, 3.63) is 0 Å². The molecule has 1 saturated carbocycles. The van der Waals surface area contributed by atoms with Gasteiger partial charge < -0.3 is 0 Å². The van der Waals surface area contributed by atoms with Crippen molar-refractivity contribution in [1.82, 2.24) is 4.90 Å². The second-order valence-electron chi connectivity index (χ2n) is 8.46. The van der Waals surface area contributed by atoms with E-state index in [1.807, 2.05) is 0 Å². The number of rotatable bonds is 3. The molecule has 1 aliphatic carbocycles. The molecule has 1 heterocycles. The monoisotopic (exact) mass is 265 g/mol. The summed E-state index contributed by atoms with van der Waals surface area (Å²) >= 11 is 0. The highest BCUT2D eigenvalue weighted by atomic mass is 15.2. The third-order valence-electron chi connectivity index (χ3n) is 5.72. The van der Waals surface area contributed by atoms with Crippen molar-refractivity contribution in [3.63, 3.8) is 0 Å². The van der Waals surface area contributed by atoms with Crippen molar-refractivity contribution in [2.45, 2.75) is 79.2 Å². The Kier molecular flexibility index (Phi) is 4.98. The molecular weight excluding hydrogens is 230 g/mol. The van der Waals surface area contributed by atoms with E-state index in [1.165, 1.54) is 51.6 Å². The predicted molar refractivity (Wildman–Crippen MR) is 84.3 cm³/mol. The van der Waals surface area contributed by atoms with Gasteiger partial charge in [-0.15, -0.1) is 0 Å². The third kappa shape index (κ3) is 3.74. The van der Waals surface area contributed by atoms with E-state index in [0.717, 1.165) is 23.8 Å². The molecule has 2 aliphatic rings. The minimum atomic E-state index is 0.520. The normalized spacial score (nSPS) is 31.9. The highest BCUT2D eigenvalue weighted by Crippen LogP contribution is 2.42. The lowest BCUT2D eigenvalue weighted by atomic mass is 9.67. The fourth-order valence-corrected chi connectivity index (χ4v) is 4.63. The Labute approximate surface area is 121 Å². The van der Waals surface area contributed by atoms with E-state index in [-0.39, 0.29) is 0 Å². The van der Waals surface area contributed by atoms with Crippen molar-refractivity contribution >= 4 is 0 Å². The average Bonchev–Trinajstić information content (AvgIpc) is 2.82. The smallest absolute Gasteiger partial charge is 0.0146 e. The van der Waals surface area contributed by atoms with Gasteiger partial charge >= 0.3 is 0 Å². The highest BCUT2D eigenvalue weighted by molar-refractivity contribution is 4.89. The van der Waals surface area contributed by atoms with Crippen LogP contribution in [0.2, 0.25) is 0 Å². The summed E-state index contributed by atoms with van der Waals surface area (Å²) in [5, 5.41) is 0. The maximum absolute atomic E-state index is 2.81. The summed E-state index contributed by atoms with van der Waals surface area (Å²) in [5.41, 5.74) is 0.520. The Morgan fingerprint density at radius 3 is 1.84 bits per heavy atom. The van der Waals surface area contributed by atoms with Gasteiger partial charge in [0.2, 0.25) is 0 Å². The summed E-state index contributed by atoms with van der Waals surface area (Å²) in [4.78, 5) is 2.81. The molecule has 1 nitrogen and oxygen atoms in total. The summed E-state index contributed by atoms with van der Waals surface area (Å²) in [5.74, 6) is 2.75. The first kappa shape index (κ1) is 15.4. The molecule has 0 aromatic carbocycles. The zero-order valence-corrected chi connectivity index (χ0v) is 13.9. The van der Waals surface area contributed by atoms with Crippen molar-refractivity contribution in [1.29, 1.82) is 0 Å². The first-order chi connectivity index (χ1) is 8.89. The van der Waals surface area contributed by atoms with Crippen LogP contribution in [-0.2, 0) is 0 Å². The van der Waals surface area contributed by atoms with Crippen LogP contribution in [0.1, 0.15) is 73.1 Å². The van der Waals surface area contributed by atoms with Crippen LogP contribution in [0.4, 0.5) is 0 Å². The maximum Gasteiger partial charge on any atom is 0.0146 e. The number of hydrogen-bond acceptors (Lipinski definition) is 1. The average molecular weight is 265 g/mol. The van der Waals surface area contributed by atoms with Crippen LogP contribution in [-0.4, -0.2) is 24.0 Å². The van der Waals surface area contributed by atoms with Crippen LogP contribution in [0.5, 0.6) is 0 Å². The van der Waals surface area contributed by atoms with Gasteiger partial charge in [-0.2, -0.15) is 0 Å². The number of hydrogen-bond donors (Lipinski definition) is 0. The minimum Gasteiger partial charge on any atom is -0.300 e. The second-order valence-corrected chi connectivity index (χ2v) is 8.46. The molecule has 1 saturated heterocycles. The highest BCUT2D eigenvalue weighted by Gasteiger charge is 2.36. The van der Waals surface area contributed by atoms with Crippen molar-refractivity contribution in [2.24, 2.45) is 23.2 Å². The standard InChI is InChI=1S/C18H35N/c1-14(2)17(19-12-6-7-13-19)15-8-10-16(11-9-15)18(3,4)5/h14-17H,6-13H2,1-5H3. The van der Waals surface area contributed by atoms with Crippen molar-refractivity contribution in [3.8, 4) is 0 Å². The van der Waals surface area contributed by atoms with Crippen LogP contribution in [0.3, 0.4) is 0 Å². The molecule has 1 heteroatoms. The van der Waals surface area contributed by atoms with Gasteiger partial charge in [-0.25, -0.2) is 0 Å². The molecule has 0 radical (unpaired) electrons. The summed E-state index contributed by atoms with van der Waals surface area (Å²) in [6, 6.07) is 0.864. The van der Waals surface area contributed by atoms with Crippen molar-refractivity contribution in [2.75, 3.05) is 13.1 Å². The molecule has 1 unspecified atom stereocenters. The van der Waals surface area contributed by atoms with Gasteiger partial charge in [0.25, 0.3) is 0 Å². The van der Waals surface area contributed by atoms with Gasteiger partial charge in [0, 0.05) is 6.04 Å². The van der Waals surface area contributed by atoms with E-state index in [0.29, 0.717) is 5.41 Å². The third-order valence-corrected chi connectivity index (χ3v) is 5.72. The quantitative estimate of drug-likeness (QED) is 0.697. The summed E-state index contributed by atoms with van der Waals surface area (Å²) in [6.45, 7) is 14.9. The molecule has 1 atom stereocenters. The Hall–Kier alpha value is -0.0400. The van der Waals surface area contributed by atoms with Crippen LogP contribution < -0.4 is 0 Å². The predicted octanol–water partition coefficient (Wildman–Crippen LogP) is 4.96. The SMILES string of the molecule is CC(C)C(C1CCC(C(C)(C)C)CC1)N1CCCC1. The van der Waals surface area contributed by atoms with E-state index in [9.17, 15) is 0 Å². The van der Waals surface area contributed by atoms with Crippen LogP contribution in [0, 0.1) is 23.2 Å². The Bertz CT molecular complexity index is 262.